The Morgan fingerprint density at radius 1 is 0.939 bits per heavy atom. The molecule has 0 fully saturated rings. The van der Waals surface area contributed by atoms with Crippen LogP contribution in [0.3, 0.4) is 0 Å². The van der Waals surface area contributed by atoms with Gasteiger partial charge < -0.3 is 25.6 Å². The fraction of sp³-hybridized carbons (Fsp3) is 0.565. The summed E-state index contributed by atoms with van der Waals surface area (Å²) < 4.78 is 10.2. The Bertz CT molecular complexity index is 769. The van der Waals surface area contributed by atoms with Crippen LogP contribution in [0.25, 0.3) is 0 Å². The maximum absolute atomic E-state index is 11.8. The molecule has 33 heavy (non-hydrogen) atoms. The Kier molecular flexibility index (Phi) is 13.8. The number of rotatable bonds is 16. The second-order valence-corrected chi connectivity index (χ2v) is 8.22. The van der Waals surface area contributed by atoms with E-state index in [1.807, 2.05) is 12.1 Å². The maximum Gasteiger partial charge on any atom is 0.329 e. The van der Waals surface area contributed by atoms with Gasteiger partial charge in [-0.25, -0.2) is 4.79 Å². The van der Waals surface area contributed by atoms with Crippen molar-refractivity contribution < 1.29 is 33.8 Å². The molecule has 0 aliphatic heterocycles. The molecule has 1 amide bonds. The average molecular weight is 485 g/mol. The summed E-state index contributed by atoms with van der Waals surface area (Å²) in [6, 6.07) is 4.94. The summed E-state index contributed by atoms with van der Waals surface area (Å²) >= 11 is 5.81. The van der Waals surface area contributed by atoms with E-state index in [1.54, 1.807) is 12.1 Å². The first-order valence-electron chi connectivity index (χ1n) is 11.0. The molecule has 1 aromatic carbocycles. The minimum atomic E-state index is -1.33. The number of halogens is 1. The third-order valence-electron chi connectivity index (χ3n) is 4.76. The van der Waals surface area contributed by atoms with E-state index >= 15 is 0 Å². The Labute approximate surface area is 198 Å². The summed E-state index contributed by atoms with van der Waals surface area (Å²) in [5, 5.41) is 11.9. The van der Waals surface area contributed by atoms with Crippen LogP contribution in [0.2, 0.25) is 5.02 Å². The van der Waals surface area contributed by atoms with Crippen molar-refractivity contribution in [3.63, 3.8) is 0 Å². The number of hydrogen-bond acceptors (Lipinski definition) is 7. The van der Waals surface area contributed by atoms with Crippen LogP contribution in [0, 0.1) is 0 Å². The third-order valence-corrected chi connectivity index (χ3v) is 5.02. The van der Waals surface area contributed by atoms with E-state index in [0.29, 0.717) is 17.9 Å². The van der Waals surface area contributed by atoms with E-state index in [1.165, 1.54) is 6.92 Å². The van der Waals surface area contributed by atoms with E-state index in [-0.39, 0.29) is 19.0 Å². The van der Waals surface area contributed by atoms with Gasteiger partial charge in [-0.05, 0) is 37.5 Å². The van der Waals surface area contributed by atoms with Crippen LogP contribution < -0.4 is 11.1 Å². The highest BCUT2D eigenvalue weighted by molar-refractivity contribution is 6.30. The third kappa shape index (κ3) is 13.5. The van der Waals surface area contributed by atoms with Crippen LogP contribution in [-0.4, -0.2) is 47.6 Å². The number of carboxylic acid groups (broad SMARTS) is 1. The minimum Gasteiger partial charge on any atom is -0.480 e. The van der Waals surface area contributed by atoms with E-state index in [4.69, 9.17) is 31.9 Å². The SMILES string of the molecule is C[C@@H](N)C(=O)N[C@@H](COC(=O)CCCCCCCCC(=O)OCc1ccc(Cl)cc1)C(=O)O. The second kappa shape index (κ2) is 16.0. The first-order valence-corrected chi connectivity index (χ1v) is 11.4. The molecule has 0 heterocycles. The van der Waals surface area contributed by atoms with Crippen molar-refractivity contribution in [3.8, 4) is 0 Å². The van der Waals surface area contributed by atoms with Gasteiger partial charge >= 0.3 is 17.9 Å². The molecule has 0 aliphatic carbocycles. The van der Waals surface area contributed by atoms with Crippen molar-refractivity contribution >= 4 is 35.4 Å². The van der Waals surface area contributed by atoms with Gasteiger partial charge in [0.2, 0.25) is 5.91 Å². The second-order valence-electron chi connectivity index (χ2n) is 7.78. The highest BCUT2D eigenvalue weighted by atomic mass is 35.5. The number of amides is 1. The van der Waals surface area contributed by atoms with Gasteiger partial charge in [-0.3, -0.25) is 14.4 Å². The number of benzene rings is 1. The highest BCUT2D eigenvalue weighted by Crippen LogP contribution is 2.12. The molecule has 9 nitrogen and oxygen atoms in total. The summed E-state index contributed by atoms with van der Waals surface area (Å²) in [5.74, 6) is -2.68. The zero-order valence-corrected chi connectivity index (χ0v) is 19.6. The number of carbonyl (C=O) groups excluding carboxylic acids is 3. The van der Waals surface area contributed by atoms with Gasteiger partial charge in [-0.2, -0.15) is 0 Å². The lowest BCUT2D eigenvalue weighted by molar-refractivity contribution is -0.150. The van der Waals surface area contributed by atoms with Crippen molar-refractivity contribution in [2.45, 2.75) is 77.0 Å². The number of aliphatic carboxylic acids is 1. The van der Waals surface area contributed by atoms with E-state index < -0.39 is 36.5 Å². The van der Waals surface area contributed by atoms with Crippen LogP contribution >= 0.6 is 11.6 Å². The minimum absolute atomic E-state index is 0.171. The summed E-state index contributed by atoms with van der Waals surface area (Å²) in [4.78, 5) is 46.2. The average Bonchev–Trinajstić information content (AvgIpc) is 2.77. The molecule has 1 rings (SSSR count). The van der Waals surface area contributed by atoms with Crippen molar-refractivity contribution in [1.29, 1.82) is 0 Å². The molecule has 0 spiro atoms. The highest BCUT2D eigenvalue weighted by Gasteiger charge is 2.23. The number of hydrogen-bond donors (Lipinski definition) is 3. The topological polar surface area (TPSA) is 145 Å². The molecule has 0 bridgehead atoms. The molecule has 184 valence electrons. The lowest BCUT2D eigenvalue weighted by Crippen LogP contribution is -2.49. The van der Waals surface area contributed by atoms with Crippen LogP contribution in [0.1, 0.15) is 63.9 Å². The van der Waals surface area contributed by atoms with Gasteiger partial charge in [0.25, 0.3) is 0 Å². The van der Waals surface area contributed by atoms with Gasteiger partial charge in [0.05, 0.1) is 6.04 Å². The molecule has 0 saturated carbocycles. The number of nitrogens with two attached hydrogens (primary N) is 1. The number of nitrogens with one attached hydrogen (secondary N) is 1. The monoisotopic (exact) mass is 484 g/mol. The molecule has 0 aromatic heterocycles. The molecule has 0 aliphatic rings. The normalized spacial score (nSPS) is 12.5. The molecule has 0 unspecified atom stereocenters. The van der Waals surface area contributed by atoms with Crippen LogP contribution in [-0.2, 0) is 35.3 Å². The smallest absolute Gasteiger partial charge is 0.329 e. The zero-order chi connectivity index (χ0) is 24.6. The summed E-state index contributed by atoms with van der Waals surface area (Å²) in [5.41, 5.74) is 6.27. The molecule has 0 radical (unpaired) electrons. The first kappa shape index (κ1) is 28.4. The number of esters is 2. The molecule has 0 saturated heterocycles. The first-order chi connectivity index (χ1) is 15.7. The zero-order valence-electron chi connectivity index (χ0n) is 18.9. The number of unbranched alkanes of at least 4 members (excludes halogenated alkanes) is 5. The lowest BCUT2D eigenvalue weighted by Gasteiger charge is -2.16. The van der Waals surface area contributed by atoms with Gasteiger partial charge in [0, 0.05) is 17.9 Å². The predicted molar refractivity (Wildman–Crippen MR) is 122 cm³/mol. The van der Waals surface area contributed by atoms with Gasteiger partial charge in [0.15, 0.2) is 6.04 Å². The molecule has 10 heteroatoms. The summed E-state index contributed by atoms with van der Waals surface area (Å²) in [7, 11) is 0. The van der Waals surface area contributed by atoms with E-state index in [9.17, 15) is 19.2 Å². The quantitative estimate of drug-likeness (QED) is 0.240. The number of carbonyl (C=O) groups is 4. The van der Waals surface area contributed by atoms with Crippen molar-refractivity contribution in [3.05, 3.63) is 34.9 Å². The van der Waals surface area contributed by atoms with Crippen LogP contribution in [0.15, 0.2) is 24.3 Å². The standard InChI is InChI=1S/C23H33ClN2O7/c1-16(25)22(29)26-19(23(30)31)15-33-21(28)9-7-5-3-2-4-6-8-20(27)32-14-17-10-12-18(24)13-11-17/h10-13,16,19H,2-9,14-15,25H2,1H3,(H,26,29)(H,30,31)/t16-,19+/m1/s1. The molecule has 2 atom stereocenters. The van der Waals surface area contributed by atoms with E-state index in [2.05, 4.69) is 5.32 Å². The predicted octanol–water partition coefficient (Wildman–Crippen LogP) is 2.96. The molecular weight excluding hydrogens is 452 g/mol. The Morgan fingerprint density at radius 3 is 1.97 bits per heavy atom. The van der Waals surface area contributed by atoms with Crippen LogP contribution in [0.4, 0.5) is 0 Å². The summed E-state index contributed by atoms with van der Waals surface area (Å²) in [6.45, 7) is 1.22. The fourth-order valence-electron chi connectivity index (χ4n) is 2.79. The van der Waals surface area contributed by atoms with Gasteiger partial charge in [0.1, 0.15) is 13.2 Å². The Morgan fingerprint density at radius 2 is 1.45 bits per heavy atom. The fourth-order valence-corrected chi connectivity index (χ4v) is 2.91. The Balaban J connectivity index is 2.04. The van der Waals surface area contributed by atoms with Crippen molar-refractivity contribution in [1.82, 2.24) is 5.32 Å². The summed E-state index contributed by atoms with van der Waals surface area (Å²) in [6.07, 6.45) is 5.45. The van der Waals surface area contributed by atoms with E-state index in [0.717, 1.165) is 37.7 Å². The van der Waals surface area contributed by atoms with Gasteiger partial charge in [-0.1, -0.05) is 49.4 Å². The Hall–Kier alpha value is -2.65. The molecule has 1 aromatic rings. The number of carboxylic acids is 1. The lowest BCUT2D eigenvalue weighted by atomic mass is 10.1. The maximum atomic E-state index is 11.8. The molecular formula is C23H33ClN2O7. The van der Waals surface area contributed by atoms with Crippen molar-refractivity contribution in [2.75, 3.05) is 6.61 Å². The number of ether oxygens (including phenoxy) is 2. The largest absolute Gasteiger partial charge is 0.480 e. The van der Waals surface area contributed by atoms with Crippen LogP contribution in [0.5, 0.6) is 0 Å². The molecule has 4 N–H and O–H groups in total. The van der Waals surface area contributed by atoms with Crippen molar-refractivity contribution in [2.24, 2.45) is 5.73 Å². The van der Waals surface area contributed by atoms with Gasteiger partial charge in [-0.15, -0.1) is 0 Å².